The molecule has 0 aromatic heterocycles. The fraction of sp³-hybridized carbons (Fsp3) is 0.533. The topological polar surface area (TPSA) is 101 Å². The fourth-order valence-electron chi connectivity index (χ4n) is 2.78. The van der Waals surface area contributed by atoms with Crippen LogP contribution in [0.3, 0.4) is 0 Å². The molecule has 25 heavy (non-hydrogen) atoms. The molecule has 0 aliphatic carbocycles. The van der Waals surface area contributed by atoms with Crippen molar-refractivity contribution in [3.8, 4) is 0 Å². The van der Waals surface area contributed by atoms with Crippen LogP contribution in [-0.2, 0) is 24.7 Å². The zero-order chi connectivity index (χ0) is 18.8. The number of amides is 1. The van der Waals surface area contributed by atoms with Gasteiger partial charge in [-0.05, 0) is 24.6 Å². The molecule has 1 N–H and O–H groups in total. The molecule has 1 fully saturated rings. The Morgan fingerprint density at radius 3 is 2.68 bits per heavy atom. The van der Waals surface area contributed by atoms with Crippen LogP contribution >= 0.6 is 0 Å². The van der Waals surface area contributed by atoms with Gasteiger partial charge in [-0.15, -0.1) is 0 Å². The summed E-state index contributed by atoms with van der Waals surface area (Å²) in [6.07, 6.45) is 0.353. The van der Waals surface area contributed by atoms with E-state index in [9.17, 15) is 26.0 Å². The highest BCUT2D eigenvalue weighted by Crippen LogP contribution is 2.19. The number of sulfonamides is 1. The molecule has 1 heterocycles. The molecule has 1 aromatic carbocycles. The van der Waals surface area contributed by atoms with Crippen LogP contribution in [0.2, 0.25) is 0 Å². The summed E-state index contributed by atoms with van der Waals surface area (Å²) in [6.45, 7) is 1.47. The Bertz CT molecular complexity index is 854. The first-order valence-corrected chi connectivity index (χ1v) is 11.2. The van der Waals surface area contributed by atoms with Gasteiger partial charge in [-0.25, -0.2) is 21.2 Å². The lowest BCUT2D eigenvalue weighted by molar-refractivity contribution is -0.134. The largest absolute Gasteiger partial charge is 0.341 e. The van der Waals surface area contributed by atoms with Crippen LogP contribution in [0.5, 0.6) is 0 Å². The van der Waals surface area contributed by atoms with Gasteiger partial charge < -0.3 is 4.90 Å². The molecule has 0 spiro atoms. The number of carbonyl (C=O) groups excluding carboxylic acids is 1. The maximum Gasteiger partial charge on any atom is 0.233 e. The first-order chi connectivity index (χ1) is 11.5. The van der Waals surface area contributed by atoms with Gasteiger partial charge in [0, 0.05) is 13.1 Å². The molecular formula is C15H21FN2O5S2. The van der Waals surface area contributed by atoms with Crippen molar-refractivity contribution < 1.29 is 26.0 Å². The van der Waals surface area contributed by atoms with Crippen LogP contribution in [0.4, 0.5) is 10.1 Å². The Labute approximate surface area is 147 Å². The number of carbonyl (C=O) groups is 1. The molecule has 1 amide bonds. The van der Waals surface area contributed by atoms with E-state index in [2.05, 4.69) is 4.72 Å². The number of anilines is 1. The molecule has 2 atom stereocenters. The van der Waals surface area contributed by atoms with E-state index in [0.29, 0.717) is 6.42 Å². The summed E-state index contributed by atoms with van der Waals surface area (Å²) in [7, 11) is -5.51. The first kappa shape index (κ1) is 19.6. The van der Waals surface area contributed by atoms with Crippen LogP contribution in [-0.4, -0.2) is 58.0 Å². The van der Waals surface area contributed by atoms with Crippen LogP contribution < -0.4 is 4.72 Å². The molecule has 7 nitrogen and oxygen atoms in total. The second-order valence-corrected chi connectivity index (χ2v) is 10.3. The SMILES string of the molecule is CC(CS(=O)(=O)Nc1cccc(F)c1)C(=O)N(C)C1CCS(=O)(=O)C1. The van der Waals surface area contributed by atoms with E-state index >= 15 is 0 Å². The van der Waals surface area contributed by atoms with Crippen LogP contribution in [0, 0.1) is 11.7 Å². The molecule has 1 aliphatic rings. The third-order valence-corrected chi connectivity index (χ3v) is 7.33. The Hall–Kier alpha value is -1.68. The maximum atomic E-state index is 13.1. The van der Waals surface area contributed by atoms with Gasteiger partial charge in [0.2, 0.25) is 15.9 Å². The second kappa shape index (κ2) is 7.28. The maximum absolute atomic E-state index is 13.1. The van der Waals surface area contributed by atoms with Crippen molar-refractivity contribution in [3.05, 3.63) is 30.1 Å². The third kappa shape index (κ3) is 5.40. The third-order valence-electron chi connectivity index (χ3n) is 4.09. The molecule has 0 radical (unpaired) electrons. The number of benzene rings is 1. The highest BCUT2D eigenvalue weighted by Gasteiger charge is 2.35. The summed E-state index contributed by atoms with van der Waals surface area (Å²) in [5.41, 5.74) is 0.0786. The number of rotatable bonds is 6. The number of halogens is 1. The molecule has 1 saturated heterocycles. The lowest BCUT2D eigenvalue weighted by Crippen LogP contribution is -2.42. The van der Waals surface area contributed by atoms with E-state index in [4.69, 9.17) is 0 Å². The average molecular weight is 392 g/mol. The molecule has 1 aromatic rings. The molecule has 140 valence electrons. The Morgan fingerprint density at radius 2 is 2.12 bits per heavy atom. The van der Waals surface area contributed by atoms with Gasteiger partial charge in [0.1, 0.15) is 5.82 Å². The second-order valence-electron chi connectivity index (χ2n) is 6.30. The minimum Gasteiger partial charge on any atom is -0.341 e. The molecule has 2 unspecified atom stereocenters. The lowest BCUT2D eigenvalue weighted by Gasteiger charge is -2.26. The Balaban J connectivity index is 2.00. The molecular weight excluding hydrogens is 371 g/mol. The smallest absolute Gasteiger partial charge is 0.233 e. The average Bonchev–Trinajstić information content (AvgIpc) is 2.84. The van der Waals surface area contributed by atoms with E-state index in [0.717, 1.165) is 6.07 Å². The number of hydrogen-bond acceptors (Lipinski definition) is 5. The number of nitrogens with one attached hydrogen (secondary N) is 1. The van der Waals surface area contributed by atoms with Crippen molar-refractivity contribution in [2.75, 3.05) is 29.0 Å². The molecule has 2 rings (SSSR count). The zero-order valence-corrected chi connectivity index (χ0v) is 15.6. The van der Waals surface area contributed by atoms with Crippen molar-refractivity contribution >= 4 is 31.5 Å². The molecule has 0 saturated carbocycles. The molecule has 0 bridgehead atoms. The molecule has 1 aliphatic heterocycles. The van der Waals surface area contributed by atoms with Gasteiger partial charge in [0.15, 0.2) is 9.84 Å². The van der Waals surface area contributed by atoms with Gasteiger partial charge in [-0.2, -0.15) is 0 Å². The van der Waals surface area contributed by atoms with Gasteiger partial charge >= 0.3 is 0 Å². The van der Waals surface area contributed by atoms with Crippen molar-refractivity contribution in [2.45, 2.75) is 19.4 Å². The monoisotopic (exact) mass is 392 g/mol. The fourth-order valence-corrected chi connectivity index (χ4v) is 5.93. The summed E-state index contributed by atoms with van der Waals surface area (Å²) in [5, 5.41) is 0. The highest BCUT2D eigenvalue weighted by molar-refractivity contribution is 7.92. The van der Waals surface area contributed by atoms with E-state index in [1.165, 1.54) is 37.1 Å². The summed E-state index contributed by atoms with van der Waals surface area (Å²) in [4.78, 5) is 13.7. The van der Waals surface area contributed by atoms with E-state index < -0.39 is 49.3 Å². The van der Waals surface area contributed by atoms with Gasteiger partial charge in [-0.3, -0.25) is 9.52 Å². The van der Waals surface area contributed by atoms with Crippen molar-refractivity contribution in [3.63, 3.8) is 0 Å². The predicted octanol–water partition coefficient (Wildman–Crippen LogP) is 0.849. The van der Waals surface area contributed by atoms with Crippen LogP contribution in [0.15, 0.2) is 24.3 Å². The Kier molecular flexibility index (Phi) is 5.72. The summed E-state index contributed by atoms with van der Waals surface area (Å²) in [6, 6.07) is 4.58. The van der Waals surface area contributed by atoms with Crippen molar-refractivity contribution in [2.24, 2.45) is 5.92 Å². The quantitative estimate of drug-likeness (QED) is 0.773. The summed E-state index contributed by atoms with van der Waals surface area (Å²) >= 11 is 0. The van der Waals surface area contributed by atoms with Gasteiger partial charge in [0.25, 0.3) is 0 Å². The van der Waals surface area contributed by atoms with Gasteiger partial charge in [0.05, 0.1) is 28.9 Å². The first-order valence-electron chi connectivity index (χ1n) is 7.72. The van der Waals surface area contributed by atoms with Crippen molar-refractivity contribution in [1.29, 1.82) is 0 Å². The minimum absolute atomic E-state index is 0.0308. The highest BCUT2D eigenvalue weighted by atomic mass is 32.2. The lowest BCUT2D eigenvalue weighted by atomic mass is 10.1. The summed E-state index contributed by atoms with van der Waals surface area (Å²) in [5.74, 6) is -2.43. The van der Waals surface area contributed by atoms with Crippen LogP contribution in [0.25, 0.3) is 0 Å². The zero-order valence-electron chi connectivity index (χ0n) is 14.0. The van der Waals surface area contributed by atoms with E-state index in [-0.39, 0.29) is 17.2 Å². The normalized spacial score (nSPS) is 20.8. The number of hydrogen-bond donors (Lipinski definition) is 1. The summed E-state index contributed by atoms with van der Waals surface area (Å²) < 4.78 is 62.8. The predicted molar refractivity (Wildman–Crippen MR) is 92.8 cm³/mol. The number of sulfone groups is 1. The molecule has 10 heteroatoms. The van der Waals surface area contributed by atoms with Gasteiger partial charge in [-0.1, -0.05) is 13.0 Å². The van der Waals surface area contributed by atoms with E-state index in [1.54, 1.807) is 0 Å². The standard InChI is InChI=1S/C15H21FN2O5S2/c1-11(15(19)18(2)14-6-7-24(20,21)10-14)9-25(22,23)17-13-5-3-4-12(16)8-13/h3-5,8,11,14,17H,6-7,9-10H2,1-2H3. The Morgan fingerprint density at radius 1 is 1.44 bits per heavy atom. The van der Waals surface area contributed by atoms with E-state index in [1.807, 2.05) is 0 Å². The van der Waals surface area contributed by atoms with Crippen LogP contribution in [0.1, 0.15) is 13.3 Å². The number of nitrogens with zero attached hydrogens (tertiary/aromatic N) is 1. The minimum atomic E-state index is -3.86. The van der Waals surface area contributed by atoms with Crippen molar-refractivity contribution in [1.82, 2.24) is 4.90 Å².